The maximum absolute atomic E-state index is 8.66. The van der Waals surface area contributed by atoms with Gasteiger partial charge in [-0.2, -0.15) is 0 Å². The molecule has 0 amide bonds. The van der Waals surface area contributed by atoms with Gasteiger partial charge in [-0.25, -0.2) is 0 Å². The molecule has 1 rings (SSSR count). The first kappa shape index (κ1) is 10.5. The first-order valence-electron chi connectivity index (χ1n) is 5.16. The summed E-state index contributed by atoms with van der Waals surface area (Å²) < 4.78 is 0. The summed E-state index contributed by atoms with van der Waals surface area (Å²) >= 11 is 0. The fraction of sp³-hybridized carbons (Fsp3) is 0.900. The Kier molecular flexibility index (Phi) is 4.22. The normalized spacial score (nSPS) is 25.9. The monoisotopic (exact) mass is 184 g/mol. The molecule has 0 aromatic heterocycles. The summed E-state index contributed by atoms with van der Waals surface area (Å²) in [5.74, 6) is 1.17. The zero-order valence-electron chi connectivity index (χ0n) is 8.66. The number of hydrogen-bond acceptors (Lipinski definition) is 2. The highest BCUT2D eigenvalue weighted by molar-refractivity contribution is 5.84. The standard InChI is InChI=1S/C10H20N2O/c1-3-4-9-5-6-10(12(9)2)11-7-8-13/h9,13H,3-8H2,1-2H3. The Balaban J connectivity index is 2.44. The van der Waals surface area contributed by atoms with E-state index in [9.17, 15) is 0 Å². The van der Waals surface area contributed by atoms with Crippen molar-refractivity contribution in [3.05, 3.63) is 0 Å². The molecular weight excluding hydrogens is 164 g/mol. The number of hydrogen-bond donors (Lipinski definition) is 1. The van der Waals surface area contributed by atoms with Crippen molar-refractivity contribution >= 4 is 5.84 Å². The molecule has 0 spiro atoms. The van der Waals surface area contributed by atoms with Crippen LogP contribution in [0.15, 0.2) is 4.99 Å². The summed E-state index contributed by atoms with van der Waals surface area (Å²) in [4.78, 5) is 6.62. The molecule has 1 fully saturated rings. The topological polar surface area (TPSA) is 35.8 Å². The van der Waals surface area contributed by atoms with Gasteiger partial charge in [0.2, 0.25) is 0 Å². The first-order valence-corrected chi connectivity index (χ1v) is 5.16. The lowest BCUT2D eigenvalue weighted by Gasteiger charge is -2.21. The molecule has 13 heavy (non-hydrogen) atoms. The minimum Gasteiger partial charge on any atom is -0.394 e. The molecule has 0 aromatic rings. The van der Waals surface area contributed by atoms with Crippen LogP contribution in [0.4, 0.5) is 0 Å². The van der Waals surface area contributed by atoms with Crippen molar-refractivity contribution in [2.75, 3.05) is 20.2 Å². The fourth-order valence-electron chi connectivity index (χ4n) is 1.92. The Morgan fingerprint density at radius 3 is 3.00 bits per heavy atom. The number of likely N-dealkylation sites (tertiary alicyclic amines) is 1. The summed E-state index contributed by atoms with van der Waals surface area (Å²) in [7, 11) is 2.11. The van der Waals surface area contributed by atoms with E-state index in [1.807, 2.05) is 0 Å². The molecule has 76 valence electrons. The van der Waals surface area contributed by atoms with E-state index in [1.54, 1.807) is 0 Å². The largest absolute Gasteiger partial charge is 0.394 e. The lowest BCUT2D eigenvalue weighted by molar-refractivity contribution is 0.305. The van der Waals surface area contributed by atoms with E-state index >= 15 is 0 Å². The predicted octanol–water partition coefficient (Wildman–Crippen LogP) is 1.27. The van der Waals surface area contributed by atoms with Crippen LogP contribution in [0.3, 0.4) is 0 Å². The molecule has 1 aliphatic heterocycles. The average molecular weight is 184 g/mol. The lowest BCUT2D eigenvalue weighted by Crippen LogP contribution is -2.28. The van der Waals surface area contributed by atoms with Crippen molar-refractivity contribution in [3.8, 4) is 0 Å². The fourth-order valence-corrected chi connectivity index (χ4v) is 1.92. The van der Waals surface area contributed by atoms with Crippen molar-refractivity contribution in [2.24, 2.45) is 4.99 Å². The highest BCUT2D eigenvalue weighted by atomic mass is 16.3. The predicted molar refractivity (Wildman–Crippen MR) is 55.1 cm³/mol. The number of rotatable bonds is 4. The van der Waals surface area contributed by atoms with Gasteiger partial charge in [-0.1, -0.05) is 13.3 Å². The zero-order valence-corrected chi connectivity index (χ0v) is 8.66. The number of nitrogens with zero attached hydrogens (tertiary/aromatic N) is 2. The van der Waals surface area contributed by atoms with Crippen molar-refractivity contribution < 1.29 is 5.11 Å². The van der Waals surface area contributed by atoms with Crippen molar-refractivity contribution in [3.63, 3.8) is 0 Å². The maximum atomic E-state index is 8.66. The molecule has 1 N–H and O–H groups in total. The third-order valence-corrected chi connectivity index (χ3v) is 2.67. The second kappa shape index (κ2) is 5.22. The minimum atomic E-state index is 0.162. The van der Waals surface area contributed by atoms with E-state index in [0.717, 1.165) is 6.42 Å². The summed E-state index contributed by atoms with van der Waals surface area (Å²) in [5, 5.41) is 8.66. The van der Waals surface area contributed by atoms with E-state index in [0.29, 0.717) is 12.6 Å². The summed E-state index contributed by atoms with van der Waals surface area (Å²) in [5.41, 5.74) is 0. The molecule has 1 heterocycles. The molecule has 3 heteroatoms. The summed E-state index contributed by atoms with van der Waals surface area (Å²) in [6.07, 6.45) is 4.81. The second-order valence-corrected chi connectivity index (χ2v) is 3.61. The van der Waals surface area contributed by atoms with Gasteiger partial charge in [0.25, 0.3) is 0 Å². The van der Waals surface area contributed by atoms with Gasteiger partial charge in [-0.05, 0) is 12.8 Å². The smallest absolute Gasteiger partial charge is 0.0990 e. The molecular formula is C10H20N2O. The molecule has 0 saturated carbocycles. The Bertz CT molecular complexity index is 180. The minimum absolute atomic E-state index is 0.162. The lowest BCUT2D eigenvalue weighted by atomic mass is 10.1. The van der Waals surface area contributed by atoms with Crippen LogP contribution >= 0.6 is 0 Å². The van der Waals surface area contributed by atoms with Gasteiger partial charge in [-0.3, -0.25) is 4.99 Å². The quantitative estimate of drug-likeness (QED) is 0.714. The number of amidine groups is 1. The molecule has 0 aromatic carbocycles. The van der Waals surface area contributed by atoms with Crippen molar-refractivity contribution in [2.45, 2.75) is 38.6 Å². The van der Waals surface area contributed by atoms with Crippen LogP contribution < -0.4 is 0 Å². The SMILES string of the molecule is CCCC1CCC(=NCCO)N1C. The third-order valence-electron chi connectivity index (χ3n) is 2.67. The Morgan fingerprint density at radius 1 is 1.62 bits per heavy atom. The second-order valence-electron chi connectivity index (χ2n) is 3.61. The van der Waals surface area contributed by atoms with Crippen molar-refractivity contribution in [1.29, 1.82) is 0 Å². The first-order chi connectivity index (χ1) is 6.29. The van der Waals surface area contributed by atoms with Gasteiger partial charge >= 0.3 is 0 Å². The van der Waals surface area contributed by atoms with Gasteiger partial charge in [0, 0.05) is 19.5 Å². The van der Waals surface area contributed by atoms with E-state index in [2.05, 4.69) is 23.9 Å². The van der Waals surface area contributed by atoms with Crippen LogP contribution in [0.1, 0.15) is 32.6 Å². The number of aliphatic hydroxyl groups is 1. The van der Waals surface area contributed by atoms with Crippen LogP contribution in [0.25, 0.3) is 0 Å². The average Bonchev–Trinajstić information content (AvgIpc) is 2.46. The molecule has 0 bridgehead atoms. The Hall–Kier alpha value is -0.570. The zero-order chi connectivity index (χ0) is 9.68. The Morgan fingerprint density at radius 2 is 2.38 bits per heavy atom. The van der Waals surface area contributed by atoms with Crippen molar-refractivity contribution in [1.82, 2.24) is 4.90 Å². The van der Waals surface area contributed by atoms with Crippen LogP contribution in [0, 0.1) is 0 Å². The van der Waals surface area contributed by atoms with E-state index in [-0.39, 0.29) is 6.61 Å². The van der Waals surface area contributed by atoms with Crippen LogP contribution in [0.2, 0.25) is 0 Å². The highest BCUT2D eigenvalue weighted by Crippen LogP contribution is 2.21. The van der Waals surface area contributed by atoms with Gasteiger partial charge in [0.05, 0.1) is 19.0 Å². The van der Waals surface area contributed by atoms with E-state index in [4.69, 9.17) is 5.11 Å². The van der Waals surface area contributed by atoms with Gasteiger partial charge in [0.15, 0.2) is 0 Å². The van der Waals surface area contributed by atoms with Gasteiger partial charge in [0.1, 0.15) is 0 Å². The third kappa shape index (κ3) is 2.69. The molecule has 1 saturated heterocycles. The van der Waals surface area contributed by atoms with Crippen LogP contribution in [0.5, 0.6) is 0 Å². The molecule has 1 aliphatic rings. The van der Waals surface area contributed by atoms with Crippen LogP contribution in [-0.4, -0.2) is 42.1 Å². The molecule has 1 atom stereocenters. The highest BCUT2D eigenvalue weighted by Gasteiger charge is 2.24. The van der Waals surface area contributed by atoms with E-state index < -0.39 is 0 Å². The molecule has 0 radical (unpaired) electrons. The number of aliphatic hydroxyl groups excluding tert-OH is 1. The summed E-state index contributed by atoms with van der Waals surface area (Å²) in [6, 6.07) is 0.683. The van der Waals surface area contributed by atoms with E-state index in [1.165, 1.54) is 25.1 Å². The van der Waals surface area contributed by atoms with Gasteiger partial charge in [-0.15, -0.1) is 0 Å². The molecule has 1 unspecified atom stereocenters. The maximum Gasteiger partial charge on any atom is 0.0990 e. The number of aliphatic imine (C=N–C) groups is 1. The van der Waals surface area contributed by atoms with Crippen LogP contribution in [-0.2, 0) is 0 Å². The van der Waals surface area contributed by atoms with Gasteiger partial charge < -0.3 is 10.0 Å². The summed E-state index contributed by atoms with van der Waals surface area (Å²) in [6.45, 7) is 2.94. The molecule has 3 nitrogen and oxygen atoms in total. The Labute approximate surface area is 80.5 Å². The molecule has 0 aliphatic carbocycles.